The minimum absolute atomic E-state index is 0.296. The van der Waals surface area contributed by atoms with Gasteiger partial charge in [0, 0.05) is 25.5 Å². The Bertz CT molecular complexity index is 676. The van der Waals surface area contributed by atoms with Crippen LogP contribution in [0.3, 0.4) is 0 Å². The molecule has 0 aliphatic heterocycles. The molecule has 134 valence electrons. The number of thiazole rings is 1. The molecule has 0 radical (unpaired) electrons. The summed E-state index contributed by atoms with van der Waals surface area (Å²) in [6, 6.07) is 0. The van der Waals surface area contributed by atoms with E-state index in [0.29, 0.717) is 25.6 Å². The summed E-state index contributed by atoms with van der Waals surface area (Å²) in [7, 11) is -1.01. The number of anilines is 2. The number of nitrogens with one attached hydrogen (secondary N) is 5. The number of H-pyrrole nitrogens is 1. The lowest BCUT2D eigenvalue weighted by molar-refractivity contribution is 0.544. The predicted octanol–water partition coefficient (Wildman–Crippen LogP) is 2.78. The number of imidazole rings is 1. The molecule has 5 N–H and O–H groups in total. The van der Waals surface area contributed by atoms with Crippen molar-refractivity contribution in [2.75, 3.05) is 37.3 Å². The van der Waals surface area contributed by atoms with E-state index >= 15 is 0 Å². The zero-order valence-corrected chi connectivity index (χ0v) is 16.2. The molecule has 1 unspecified atom stereocenters. The number of hydrogen-bond donors (Lipinski definition) is 5. The van der Waals surface area contributed by atoms with Gasteiger partial charge in [-0.2, -0.15) is 0 Å². The van der Waals surface area contributed by atoms with Crippen LogP contribution in [0.5, 0.6) is 0 Å². The summed E-state index contributed by atoms with van der Waals surface area (Å²) in [6.45, 7) is 7.53. The highest BCUT2D eigenvalue weighted by Gasteiger charge is 2.35. The number of aromatic nitrogens is 3. The Morgan fingerprint density at radius 3 is 2.46 bits per heavy atom. The molecule has 0 spiro atoms. The molecule has 0 fully saturated rings. The van der Waals surface area contributed by atoms with Crippen molar-refractivity contribution in [2.45, 2.75) is 26.4 Å². The first-order valence-electron chi connectivity index (χ1n) is 8.01. The normalized spacial score (nSPS) is 13.0. The van der Waals surface area contributed by atoms with Crippen molar-refractivity contribution in [1.82, 2.24) is 25.1 Å². The average molecular weight is 371 g/mol. The Morgan fingerprint density at radius 2 is 1.96 bits per heavy atom. The molecule has 0 amide bonds. The monoisotopic (exact) mass is 371 g/mol. The van der Waals surface area contributed by atoms with Crippen molar-refractivity contribution in [3.63, 3.8) is 0 Å². The molecule has 1 atom stereocenters. The fourth-order valence-electron chi connectivity index (χ4n) is 2.37. The first-order chi connectivity index (χ1) is 11.5. The minimum Gasteiger partial charge on any atom is -0.379 e. The van der Waals surface area contributed by atoms with E-state index < -0.39 is 7.44 Å². The molecule has 10 heteroatoms. The minimum atomic E-state index is -2.86. The fraction of sp³-hybridized carbons (Fsp3) is 0.571. The van der Waals surface area contributed by atoms with Crippen LogP contribution >= 0.6 is 18.8 Å². The topological polar surface area (TPSA) is 107 Å². The van der Waals surface area contributed by atoms with Gasteiger partial charge in [0.15, 0.2) is 5.95 Å². The second kappa shape index (κ2) is 8.62. The lowest BCUT2D eigenvalue weighted by Crippen LogP contribution is -2.29. The summed E-state index contributed by atoms with van der Waals surface area (Å²) < 4.78 is 13.5. The van der Waals surface area contributed by atoms with Crippen molar-refractivity contribution < 1.29 is 4.57 Å². The zero-order valence-electron chi connectivity index (χ0n) is 14.5. The van der Waals surface area contributed by atoms with Crippen LogP contribution in [0.15, 0.2) is 12.4 Å². The maximum absolute atomic E-state index is 13.5. The predicted molar refractivity (Wildman–Crippen MR) is 101 cm³/mol. The van der Waals surface area contributed by atoms with E-state index in [4.69, 9.17) is 0 Å². The van der Waals surface area contributed by atoms with E-state index in [1.165, 1.54) is 11.3 Å². The van der Waals surface area contributed by atoms with Crippen LogP contribution in [-0.2, 0) is 4.57 Å². The van der Waals surface area contributed by atoms with E-state index in [0.717, 1.165) is 15.7 Å². The molecule has 0 saturated carbocycles. The lowest BCUT2D eigenvalue weighted by atomic mass is 10.4. The Balaban J connectivity index is 2.26. The van der Waals surface area contributed by atoms with Gasteiger partial charge in [0.25, 0.3) is 0 Å². The Labute approximate surface area is 146 Å². The van der Waals surface area contributed by atoms with E-state index in [1.807, 2.05) is 27.8 Å². The molecule has 8 nitrogen and oxygen atoms in total. The van der Waals surface area contributed by atoms with Gasteiger partial charge < -0.3 is 15.6 Å². The van der Waals surface area contributed by atoms with Crippen LogP contribution in [0, 0.1) is 6.92 Å². The van der Waals surface area contributed by atoms with Gasteiger partial charge in [0.1, 0.15) is 15.7 Å². The van der Waals surface area contributed by atoms with Crippen LogP contribution < -0.4 is 20.8 Å². The van der Waals surface area contributed by atoms with Gasteiger partial charge >= 0.3 is 0 Å². The van der Waals surface area contributed by atoms with Gasteiger partial charge in [0.2, 0.25) is 7.44 Å². The third-order valence-electron chi connectivity index (χ3n) is 3.45. The summed E-state index contributed by atoms with van der Waals surface area (Å²) in [4.78, 5) is 11.9. The van der Waals surface area contributed by atoms with Gasteiger partial charge in [-0.15, -0.1) is 11.3 Å². The number of aromatic amines is 1. The Hall–Kier alpha value is -1.41. The van der Waals surface area contributed by atoms with Crippen LogP contribution in [0.1, 0.15) is 30.2 Å². The second-order valence-corrected chi connectivity index (χ2v) is 8.94. The van der Waals surface area contributed by atoms with Crippen LogP contribution in [0.2, 0.25) is 0 Å². The fourth-order valence-corrected chi connectivity index (χ4v) is 5.95. The van der Waals surface area contributed by atoms with Crippen molar-refractivity contribution >= 4 is 29.7 Å². The highest BCUT2D eigenvalue weighted by Crippen LogP contribution is 2.53. The van der Waals surface area contributed by atoms with Crippen LogP contribution in [0.25, 0.3) is 0 Å². The molecule has 0 saturated heterocycles. The summed E-state index contributed by atoms with van der Waals surface area (Å²) in [5, 5.41) is 14.4. The smallest absolute Gasteiger partial charge is 0.222 e. The molecule has 2 aromatic rings. The maximum atomic E-state index is 13.5. The van der Waals surface area contributed by atoms with Gasteiger partial charge in [-0.25, -0.2) is 9.97 Å². The lowest BCUT2D eigenvalue weighted by Gasteiger charge is -2.27. The molecule has 0 aliphatic rings. The quantitative estimate of drug-likeness (QED) is 0.409. The molecule has 0 aromatic carbocycles. The number of nitrogens with zero attached hydrogens (tertiary/aromatic N) is 2. The number of hydrogen-bond acceptors (Lipinski definition) is 6. The largest absolute Gasteiger partial charge is 0.379 e. The van der Waals surface area contributed by atoms with Crippen LogP contribution in [0.4, 0.5) is 10.9 Å². The van der Waals surface area contributed by atoms with Gasteiger partial charge in [-0.3, -0.25) is 14.7 Å². The van der Waals surface area contributed by atoms with Gasteiger partial charge in [-0.05, 0) is 20.0 Å². The summed E-state index contributed by atoms with van der Waals surface area (Å²) in [5.41, 5.74) is 0.678. The molecule has 0 aliphatic carbocycles. The second-order valence-electron chi connectivity index (χ2n) is 5.31. The third-order valence-corrected chi connectivity index (χ3v) is 7.63. The van der Waals surface area contributed by atoms with E-state index in [1.54, 1.807) is 12.4 Å². The number of rotatable bonds is 10. The Kier molecular flexibility index (Phi) is 6.79. The van der Waals surface area contributed by atoms with E-state index in [2.05, 4.69) is 35.8 Å². The molecule has 2 rings (SSSR count). The van der Waals surface area contributed by atoms with E-state index in [-0.39, 0.29) is 5.66 Å². The van der Waals surface area contributed by atoms with Gasteiger partial charge in [0.05, 0.1) is 6.20 Å². The molecular weight excluding hydrogens is 345 g/mol. The third kappa shape index (κ3) is 4.57. The van der Waals surface area contributed by atoms with Gasteiger partial charge in [-0.1, -0.05) is 13.8 Å². The van der Waals surface area contributed by atoms with E-state index in [9.17, 15) is 4.57 Å². The van der Waals surface area contributed by atoms with Crippen molar-refractivity contribution in [3.05, 3.63) is 23.1 Å². The highest BCUT2D eigenvalue weighted by molar-refractivity contribution is 7.60. The van der Waals surface area contributed by atoms with Crippen LogP contribution in [-0.4, -0.2) is 41.6 Å². The van der Waals surface area contributed by atoms with Crippen molar-refractivity contribution in [1.29, 1.82) is 0 Å². The van der Waals surface area contributed by atoms with Crippen molar-refractivity contribution in [3.8, 4) is 0 Å². The molecule has 24 heavy (non-hydrogen) atoms. The average Bonchev–Trinajstić information content (AvgIpc) is 3.17. The standard InChI is InChI=1S/C14H26N7OPS/c1-5-19-23(22,20-6-2)11(13-16-9-12(15-4)24-13)8-18-14-17-7-10(3)21-14/h7,9,11,15H,5-6,8H2,1-4H3,(H2,17,18,21)(H2,19,20,22). The Morgan fingerprint density at radius 1 is 1.25 bits per heavy atom. The molecule has 2 aromatic heterocycles. The molecular formula is C14H26N7OPS. The zero-order chi connectivity index (χ0) is 17.6. The SMILES string of the molecule is CCNP(=O)(NCC)C(CNc1ncc(C)[nH]1)c1ncc(NC)s1. The highest BCUT2D eigenvalue weighted by atomic mass is 32.1. The molecule has 2 heterocycles. The first kappa shape index (κ1) is 18.9. The summed E-state index contributed by atoms with van der Waals surface area (Å²) >= 11 is 1.51. The first-order valence-corrected chi connectivity index (χ1v) is 10.6. The van der Waals surface area contributed by atoms with Crippen molar-refractivity contribution in [2.24, 2.45) is 0 Å². The summed E-state index contributed by atoms with van der Waals surface area (Å²) in [6.07, 6.45) is 3.53. The maximum Gasteiger partial charge on any atom is 0.222 e. The summed E-state index contributed by atoms with van der Waals surface area (Å²) in [5.74, 6) is 0.669. The number of aryl methyl sites for hydroxylation is 1. The molecule has 0 bridgehead atoms.